The minimum absolute atomic E-state index is 0.330. The van der Waals surface area contributed by atoms with Crippen LogP contribution in [0.2, 0.25) is 0 Å². The highest BCUT2D eigenvalue weighted by Gasteiger charge is 2.17. The van der Waals surface area contributed by atoms with E-state index in [1.165, 1.54) is 12.8 Å². The van der Waals surface area contributed by atoms with Gasteiger partial charge in [0.25, 0.3) is 0 Å². The van der Waals surface area contributed by atoms with Crippen molar-refractivity contribution in [2.24, 2.45) is 10.7 Å². The van der Waals surface area contributed by atoms with E-state index in [0.29, 0.717) is 25.2 Å². The van der Waals surface area contributed by atoms with Gasteiger partial charge in [-0.1, -0.05) is 36.4 Å². The Morgan fingerprint density at radius 3 is 2.54 bits per heavy atom. The molecule has 0 heterocycles. The van der Waals surface area contributed by atoms with Crippen LogP contribution in [-0.4, -0.2) is 19.2 Å². The Labute approximate surface area is 155 Å². The summed E-state index contributed by atoms with van der Waals surface area (Å²) in [7, 11) is 1.68. The SMILES string of the molecule is COCc1ccccc1NC(N)=NCc1ccccc1OC1CCCC1. The van der Waals surface area contributed by atoms with E-state index in [0.717, 1.165) is 35.4 Å². The molecule has 0 atom stereocenters. The molecule has 5 nitrogen and oxygen atoms in total. The lowest BCUT2D eigenvalue weighted by molar-refractivity contribution is 0.185. The molecule has 0 unspecified atom stereocenters. The van der Waals surface area contributed by atoms with Crippen molar-refractivity contribution in [1.82, 2.24) is 0 Å². The second-order valence-corrected chi connectivity index (χ2v) is 6.55. The average molecular weight is 353 g/mol. The maximum atomic E-state index is 6.16. The Bertz CT molecular complexity index is 740. The van der Waals surface area contributed by atoms with Gasteiger partial charge in [0.2, 0.25) is 0 Å². The van der Waals surface area contributed by atoms with Gasteiger partial charge in [-0.15, -0.1) is 0 Å². The van der Waals surface area contributed by atoms with E-state index in [4.69, 9.17) is 15.2 Å². The Kier molecular flexibility index (Phi) is 6.50. The van der Waals surface area contributed by atoms with Gasteiger partial charge in [0.1, 0.15) is 5.75 Å². The molecule has 2 aromatic carbocycles. The van der Waals surface area contributed by atoms with Crippen molar-refractivity contribution in [2.45, 2.75) is 44.9 Å². The molecule has 0 saturated heterocycles. The van der Waals surface area contributed by atoms with Crippen molar-refractivity contribution in [1.29, 1.82) is 0 Å². The first-order valence-electron chi connectivity index (χ1n) is 9.14. The first-order valence-corrected chi connectivity index (χ1v) is 9.14. The Morgan fingerprint density at radius 1 is 1.08 bits per heavy atom. The number of aliphatic imine (C=N–C) groups is 1. The van der Waals surface area contributed by atoms with Crippen molar-refractivity contribution < 1.29 is 9.47 Å². The molecule has 0 aromatic heterocycles. The monoisotopic (exact) mass is 353 g/mol. The molecule has 0 amide bonds. The molecule has 0 radical (unpaired) electrons. The first-order chi connectivity index (χ1) is 12.8. The number of hydrogen-bond donors (Lipinski definition) is 2. The summed E-state index contributed by atoms with van der Waals surface area (Å²) in [5.41, 5.74) is 9.09. The van der Waals surface area contributed by atoms with Crippen LogP contribution in [0.4, 0.5) is 5.69 Å². The van der Waals surface area contributed by atoms with Crippen LogP contribution in [-0.2, 0) is 17.9 Å². The Balaban J connectivity index is 1.66. The van der Waals surface area contributed by atoms with E-state index in [1.807, 2.05) is 48.5 Å². The number of anilines is 1. The lowest BCUT2D eigenvalue weighted by Crippen LogP contribution is -2.23. The zero-order valence-corrected chi connectivity index (χ0v) is 15.3. The summed E-state index contributed by atoms with van der Waals surface area (Å²) in [6, 6.07) is 16.0. The van der Waals surface area contributed by atoms with Crippen molar-refractivity contribution in [2.75, 3.05) is 12.4 Å². The molecule has 26 heavy (non-hydrogen) atoms. The predicted octanol–water partition coefficient (Wildman–Crippen LogP) is 4.08. The highest BCUT2D eigenvalue weighted by Crippen LogP contribution is 2.27. The number of guanidine groups is 1. The molecule has 1 saturated carbocycles. The van der Waals surface area contributed by atoms with E-state index in [2.05, 4.69) is 10.3 Å². The molecule has 5 heteroatoms. The van der Waals surface area contributed by atoms with Gasteiger partial charge in [0.05, 0.1) is 19.3 Å². The van der Waals surface area contributed by atoms with E-state index < -0.39 is 0 Å². The molecular weight excluding hydrogens is 326 g/mol. The van der Waals surface area contributed by atoms with Crippen LogP contribution >= 0.6 is 0 Å². The highest BCUT2D eigenvalue weighted by molar-refractivity contribution is 5.92. The third-order valence-electron chi connectivity index (χ3n) is 4.57. The number of para-hydroxylation sites is 2. The average Bonchev–Trinajstić information content (AvgIpc) is 3.16. The van der Waals surface area contributed by atoms with E-state index in [9.17, 15) is 0 Å². The van der Waals surface area contributed by atoms with Gasteiger partial charge < -0.3 is 20.5 Å². The van der Waals surface area contributed by atoms with Gasteiger partial charge in [-0.25, -0.2) is 4.99 Å². The molecule has 138 valence electrons. The van der Waals surface area contributed by atoms with Crippen molar-refractivity contribution in [3.63, 3.8) is 0 Å². The highest BCUT2D eigenvalue weighted by atomic mass is 16.5. The van der Waals surface area contributed by atoms with Crippen LogP contribution in [0.5, 0.6) is 5.75 Å². The number of nitrogens with one attached hydrogen (secondary N) is 1. The largest absolute Gasteiger partial charge is 0.490 e. The molecule has 0 spiro atoms. The zero-order valence-electron chi connectivity index (χ0n) is 15.3. The quantitative estimate of drug-likeness (QED) is 0.581. The minimum Gasteiger partial charge on any atom is -0.490 e. The van der Waals surface area contributed by atoms with Gasteiger partial charge in [0, 0.05) is 23.9 Å². The van der Waals surface area contributed by atoms with Crippen LogP contribution in [0.15, 0.2) is 53.5 Å². The topological polar surface area (TPSA) is 68.9 Å². The third kappa shape index (κ3) is 4.99. The van der Waals surface area contributed by atoms with E-state index in [1.54, 1.807) is 7.11 Å². The van der Waals surface area contributed by atoms with Crippen LogP contribution in [0.3, 0.4) is 0 Å². The summed E-state index contributed by atoms with van der Waals surface area (Å²) in [6.45, 7) is 1.00. The van der Waals surface area contributed by atoms with Gasteiger partial charge in [-0.05, 0) is 37.8 Å². The summed E-state index contributed by atoms with van der Waals surface area (Å²) in [4.78, 5) is 4.49. The summed E-state index contributed by atoms with van der Waals surface area (Å²) in [5.74, 6) is 1.29. The fourth-order valence-corrected chi connectivity index (χ4v) is 3.21. The van der Waals surface area contributed by atoms with Crippen molar-refractivity contribution >= 4 is 11.6 Å². The van der Waals surface area contributed by atoms with Crippen molar-refractivity contribution in [3.05, 3.63) is 59.7 Å². The Morgan fingerprint density at radius 2 is 1.77 bits per heavy atom. The Hall–Kier alpha value is -2.53. The fraction of sp³-hybridized carbons (Fsp3) is 0.381. The second kappa shape index (κ2) is 9.25. The number of benzene rings is 2. The molecule has 1 fully saturated rings. The zero-order chi connectivity index (χ0) is 18.2. The van der Waals surface area contributed by atoms with Gasteiger partial charge >= 0.3 is 0 Å². The van der Waals surface area contributed by atoms with Crippen LogP contribution in [0.25, 0.3) is 0 Å². The standard InChI is InChI=1S/C21H27N3O2/c1-25-15-17-9-2-6-12-19(17)24-21(22)23-14-16-8-3-7-13-20(16)26-18-10-4-5-11-18/h2-3,6-9,12-13,18H,4-5,10-11,14-15H2,1H3,(H3,22,23,24). The summed E-state index contributed by atoms with van der Waals surface area (Å²) < 4.78 is 11.4. The number of methoxy groups -OCH3 is 1. The number of nitrogens with zero attached hydrogens (tertiary/aromatic N) is 1. The molecule has 2 aromatic rings. The first kappa shape index (κ1) is 18.3. The molecular formula is C21H27N3O2. The normalized spacial score (nSPS) is 15.2. The second-order valence-electron chi connectivity index (χ2n) is 6.55. The molecule has 0 aliphatic heterocycles. The molecule has 3 N–H and O–H groups in total. The molecule has 1 aliphatic rings. The summed E-state index contributed by atoms with van der Waals surface area (Å²) >= 11 is 0. The third-order valence-corrected chi connectivity index (χ3v) is 4.57. The van der Waals surface area contributed by atoms with Crippen molar-refractivity contribution in [3.8, 4) is 5.75 Å². The van der Waals surface area contributed by atoms with Gasteiger partial charge in [0.15, 0.2) is 5.96 Å². The number of nitrogens with two attached hydrogens (primary N) is 1. The van der Waals surface area contributed by atoms with Gasteiger partial charge in [-0.3, -0.25) is 0 Å². The molecule has 0 bridgehead atoms. The fourth-order valence-electron chi connectivity index (χ4n) is 3.21. The summed E-state index contributed by atoms with van der Waals surface area (Å²) in [6.07, 6.45) is 5.11. The minimum atomic E-state index is 0.330. The smallest absolute Gasteiger partial charge is 0.193 e. The number of hydrogen-bond acceptors (Lipinski definition) is 3. The molecule has 3 rings (SSSR count). The maximum absolute atomic E-state index is 6.16. The van der Waals surface area contributed by atoms with Crippen LogP contribution in [0, 0.1) is 0 Å². The van der Waals surface area contributed by atoms with Crippen LogP contribution in [0.1, 0.15) is 36.8 Å². The predicted molar refractivity (Wildman–Crippen MR) is 105 cm³/mol. The van der Waals surface area contributed by atoms with E-state index in [-0.39, 0.29) is 0 Å². The van der Waals surface area contributed by atoms with E-state index >= 15 is 0 Å². The summed E-state index contributed by atoms with van der Waals surface area (Å²) in [5, 5.41) is 3.17. The number of rotatable bonds is 7. The molecule has 1 aliphatic carbocycles. The lowest BCUT2D eigenvalue weighted by Gasteiger charge is -2.16. The van der Waals surface area contributed by atoms with Gasteiger partial charge in [-0.2, -0.15) is 0 Å². The number of ether oxygens (including phenoxy) is 2. The lowest BCUT2D eigenvalue weighted by atomic mass is 10.2. The maximum Gasteiger partial charge on any atom is 0.193 e. The van der Waals surface area contributed by atoms with Crippen LogP contribution < -0.4 is 15.8 Å².